The number of carbonyl (C=O) groups is 5. The smallest absolute Gasteiger partial charge is 0.326 e. The van der Waals surface area contributed by atoms with E-state index in [0.29, 0.717) is 43.6 Å². The van der Waals surface area contributed by atoms with Gasteiger partial charge in [-0.05, 0) is 89.3 Å². The number of rotatable bonds is 19. The van der Waals surface area contributed by atoms with Crippen molar-refractivity contribution in [2.75, 3.05) is 18.1 Å². The van der Waals surface area contributed by atoms with Crippen molar-refractivity contribution in [3.8, 4) is 22.5 Å². The van der Waals surface area contributed by atoms with E-state index in [4.69, 9.17) is 4.74 Å². The molecule has 15 heteroatoms. The van der Waals surface area contributed by atoms with E-state index in [9.17, 15) is 34.2 Å². The van der Waals surface area contributed by atoms with E-state index >= 15 is 0 Å². The molecule has 0 radical (unpaired) electrons. The Balaban J connectivity index is 0.000000238. The van der Waals surface area contributed by atoms with E-state index in [1.54, 1.807) is 19.1 Å². The summed E-state index contributed by atoms with van der Waals surface area (Å²) in [4.78, 5) is 64.9. The number of aliphatic carboxylic acids is 2. The topological polar surface area (TPSA) is 208 Å². The number of unbranched alkanes of at least 4 members (excludes halogenated alkanes) is 1. The number of nitrogens with one attached hydrogen (secondary N) is 2. The van der Waals surface area contributed by atoms with Crippen molar-refractivity contribution in [2.45, 2.75) is 97.3 Å². The number of fused-ring (bicyclic) bond motifs is 1. The van der Waals surface area contributed by atoms with E-state index in [0.717, 1.165) is 46.2 Å². The second kappa shape index (κ2) is 23.5. The molecule has 1 aliphatic rings. The van der Waals surface area contributed by atoms with Gasteiger partial charge in [-0.2, -0.15) is 0 Å². The third-order valence-electron chi connectivity index (χ3n) is 10.8. The van der Waals surface area contributed by atoms with Gasteiger partial charge >= 0.3 is 17.9 Å². The third kappa shape index (κ3) is 13.1. The highest BCUT2D eigenvalue weighted by Crippen LogP contribution is 2.31. The van der Waals surface area contributed by atoms with Crippen LogP contribution in [0.4, 0.5) is 5.69 Å². The third-order valence-corrected chi connectivity index (χ3v) is 10.8. The summed E-state index contributed by atoms with van der Waals surface area (Å²) in [6.07, 6.45) is 4.16. The van der Waals surface area contributed by atoms with Gasteiger partial charge in [0.25, 0.3) is 0 Å². The van der Waals surface area contributed by atoms with Gasteiger partial charge in [0.1, 0.15) is 18.6 Å². The lowest BCUT2D eigenvalue weighted by Gasteiger charge is -2.32. The molecule has 5 aromatic rings. The highest BCUT2D eigenvalue weighted by molar-refractivity contribution is 6.02. The predicted molar refractivity (Wildman–Crippen MR) is 238 cm³/mol. The van der Waals surface area contributed by atoms with Crippen LogP contribution < -0.4 is 10.2 Å². The molecule has 332 valence electrons. The molecule has 63 heavy (non-hydrogen) atoms. The van der Waals surface area contributed by atoms with Gasteiger partial charge in [-0.1, -0.05) is 124 Å². The van der Waals surface area contributed by atoms with Gasteiger partial charge in [-0.3, -0.25) is 29.4 Å². The molecule has 4 N–H and O–H groups in total. The monoisotopic (exact) mass is 859 g/mol. The summed E-state index contributed by atoms with van der Waals surface area (Å²) in [5.41, 5.74) is 6.32. The molecule has 2 amide bonds. The Labute approximate surface area is 367 Å². The van der Waals surface area contributed by atoms with Crippen LogP contribution in [0.5, 0.6) is 0 Å². The zero-order chi connectivity index (χ0) is 45.3. The molecule has 0 spiro atoms. The maximum atomic E-state index is 13.3. The number of aryl methyl sites for hydroxylation is 2. The number of hydrogen-bond donors (Lipinski definition) is 4. The van der Waals surface area contributed by atoms with Gasteiger partial charge < -0.3 is 19.8 Å². The summed E-state index contributed by atoms with van der Waals surface area (Å²) in [7, 11) is 0. The SMILES string of the molecule is CCCCC(=O)N(Cc1ccc(-c2ccccc2-c2nnn[nH]2)cc1)[C@H](C(=O)O)C(C)C.CCOC(=O)[C@H](CCc1ccccc1)N[C@H]1CCc2ccccc2N(CC(=O)O)C1=O. The molecule has 2 heterocycles. The molecule has 4 aromatic carbocycles. The molecule has 15 nitrogen and oxygen atoms in total. The number of carboxylic acid groups (broad SMARTS) is 2. The largest absolute Gasteiger partial charge is 0.480 e. The summed E-state index contributed by atoms with van der Waals surface area (Å²) in [5, 5.41) is 36.4. The van der Waals surface area contributed by atoms with Crippen molar-refractivity contribution in [1.29, 1.82) is 0 Å². The van der Waals surface area contributed by atoms with E-state index in [2.05, 4.69) is 25.9 Å². The number of aromatic amines is 1. The van der Waals surface area contributed by atoms with E-state index in [1.165, 1.54) is 9.80 Å². The first-order chi connectivity index (χ1) is 30.4. The fraction of sp³-hybridized carbons (Fsp3) is 0.375. The quantitative estimate of drug-likeness (QED) is 0.0638. The number of H-pyrrole nitrogens is 1. The number of tetrazole rings is 1. The van der Waals surface area contributed by atoms with E-state index in [1.807, 2.05) is 112 Å². The fourth-order valence-electron chi connectivity index (χ4n) is 7.67. The summed E-state index contributed by atoms with van der Waals surface area (Å²) < 4.78 is 5.23. The molecule has 0 saturated carbocycles. The van der Waals surface area contributed by atoms with E-state index in [-0.39, 0.29) is 30.9 Å². The Hall–Kier alpha value is -6.74. The molecule has 0 saturated heterocycles. The number of hydrogen-bond acceptors (Lipinski definition) is 10. The summed E-state index contributed by atoms with van der Waals surface area (Å²) in [5.74, 6) is -2.55. The first-order valence-electron chi connectivity index (χ1n) is 21.4. The number of nitrogens with zero attached hydrogens (tertiary/aromatic N) is 5. The van der Waals surface area contributed by atoms with E-state index < -0.39 is 42.6 Å². The molecule has 0 fully saturated rings. The minimum atomic E-state index is -1.09. The fourth-order valence-corrected chi connectivity index (χ4v) is 7.67. The number of benzene rings is 4. The van der Waals surface area contributed by atoms with Crippen molar-refractivity contribution in [3.05, 3.63) is 120 Å². The van der Waals surface area contributed by atoms with Crippen molar-refractivity contribution < 1.29 is 38.9 Å². The van der Waals surface area contributed by atoms with Crippen LogP contribution in [0, 0.1) is 5.92 Å². The minimum absolute atomic E-state index is 0.125. The van der Waals surface area contributed by atoms with Crippen molar-refractivity contribution in [3.63, 3.8) is 0 Å². The van der Waals surface area contributed by atoms with Gasteiger partial charge in [-0.25, -0.2) is 9.89 Å². The molecule has 0 aliphatic carbocycles. The number of carbonyl (C=O) groups excluding carboxylic acids is 3. The van der Waals surface area contributed by atoms with Crippen molar-refractivity contribution in [2.24, 2.45) is 5.92 Å². The number of carboxylic acids is 2. The average Bonchev–Trinajstić information content (AvgIpc) is 3.79. The van der Waals surface area contributed by atoms with Gasteiger partial charge in [0.15, 0.2) is 5.82 Å². The zero-order valence-corrected chi connectivity index (χ0v) is 36.3. The van der Waals surface area contributed by atoms with Gasteiger partial charge in [0.05, 0.1) is 12.6 Å². The molecule has 0 bridgehead atoms. The Kier molecular flexibility index (Phi) is 17.6. The maximum absolute atomic E-state index is 13.3. The minimum Gasteiger partial charge on any atom is -0.480 e. The van der Waals surface area contributed by atoms with Gasteiger partial charge in [0.2, 0.25) is 11.8 Å². The highest BCUT2D eigenvalue weighted by atomic mass is 16.5. The molecule has 1 aliphatic heterocycles. The number of amides is 2. The predicted octanol–water partition coefficient (Wildman–Crippen LogP) is 6.73. The van der Waals surface area contributed by atoms with Crippen LogP contribution in [0.2, 0.25) is 0 Å². The highest BCUT2D eigenvalue weighted by Gasteiger charge is 2.35. The number of aromatic nitrogens is 4. The standard InChI is InChI=1S/C24H29N5O3.C24H28N2O5/c1-4-5-10-21(30)29(22(16(2)3)24(31)32)15-17-11-13-18(14-12-17)19-8-6-7-9-20(19)23-25-27-28-26-23;1-2-31-24(30)20(14-12-17-8-4-3-5-9-17)25-19-15-13-18-10-6-7-11-21(18)26(23(19)29)16-22(27)28/h6-9,11-14,16,22H,4-5,10,15H2,1-3H3,(H,31,32)(H,25,26,27,28);3-11,19-20,25H,2,12-16H2,1H3,(H,27,28)/t22-;19-,20-/m00/s1. The van der Waals surface area contributed by atoms with Crippen LogP contribution in [-0.2, 0) is 48.1 Å². The molecule has 1 aromatic heterocycles. The van der Waals surface area contributed by atoms with Crippen LogP contribution >= 0.6 is 0 Å². The first-order valence-corrected chi connectivity index (χ1v) is 21.4. The molecular weight excluding hydrogens is 803 g/mol. The lowest BCUT2D eigenvalue weighted by molar-refractivity contribution is -0.153. The van der Waals surface area contributed by atoms with Crippen LogP contribution in [0.1, 0.15) is 76.5 Å². The molecular formula is C48H57N7O8. The van der Waals surface area contributed by atoms with Crippen molar-refractivity contribution >= 4 is 35.4 Å². The Morgan fingerprint density at radius 1 is 0.889 bits per heavy atom. The van der Waals surface area contributed by atoms with Gasteiger partial charge in [-0.15, -0.1) is 5.10 Å². The summed E-state index contributed by atoms with van der Waals surface area (Å²) in [6.45, 7) is 7.49. The van der Waals surface area contributed by atoms with Gasteiger partial charge in [0, 0.05) is 24.2 Å². The number of ether oxygens (including phenoxy) is 1. The Morgan fingerprint density at radius 2 is 1.57 bits per heavy atom. The molecule has 0 unspecified atom stereocenters. The first kappa shape index (κ1) is 47.3. The molecule has 6 rings (SSSR count). The Morgan fingerprint density at radius 3 is 2.21 bits per heavy atom. The Bertz CT molecular complexity index is 2270. The second-order valence-corrected chi connectivity index (χ2v) is 15.7. The molecule has 3 atom stereocenters. The number of para-hydroxylation sites is 1. The summed E-state index contributed by atoms with van der Waals surface area (Å²) in [6, 6.07) is 30.5. The lowest BCUT2D eigenvalue weighted by Crippen LogP contribution is -2.53. The average molecular weight is 860 g/mol. The van der Waals surface area contributed by atoms with Crippen LogP contribution in [0.25, 0.3) is 22.5 Å². The number of anilines is 1. The number of esters is 1. The normalized spacial score (nSPS) is 14.4. The van der Waals surface area contributed by atoms with Crippen molar-refractivity contribution in [1.82, 2.24) is 30.8 Å². The summed E-state index contributed by atoms with van der Waals surface area (Å²) >= 11 is 0. The second-order valence-electron chi connectivity index (χ2n) is 15.7. The lowest BCUT2D eigenvalue weighted by atomic mass is 9.97. The van der Waals surface area contributed by atoms with Crippen LogP contribution in [-0.4, -0.2) is 96.7 Å². The zero-order valence-electron chi connectivity index (χ0n) is 36.3. The van der Waals surface area contributed by atoms with Crippen LogP contribution in [0.15, 0.2) is 103 Å². The maximum Gasteiger partial charge on any atom is 0.326 e. The van der Waals surface area contributed by atoms with Crippen LogP contribution in [0.3, 0.4) is 0 Å².